The molecule has 2 aromatic carbocycles. The van der Waals surface area contributed by atoms with Crippen molar-refractivity contribution in [2.24, 2.45) is 0 Å². The Morgan fingerprint density at radius 1 is 0.500 bits per heavy atom. The average molecular weight is 1010 g/mol. The van der Waals surface area contributed by atoms with Gasteiger partial charge in [-0.05, 0) is 53.6 Å². The van der Waals surface area contributed by atoms with Crippen molar-refractivity contribution in [2.45, 2.75) is 13.1 Å². The Balaban J connectivity index is 1.12. The van der Waals surface area contributed by atoms with Gasteiger partial charge in [0.15, 0.2) is 58.0 Å². The van der Waals surface area contributed by atoms with Crippen molar-refractivity contribution >= 4 is 46.3 Å². The number of nitrogens with one attached hydrogen (secondary N) is 2. The van der Waals surface area contributed by atoms with Crippen LogP contribution < -0.4 is 30.1 Å². The molecule has 20 nitrogen and oxygen atoms in total. The molecule has 0 unspecified atom stereocenters. The van der Waals surface area contributed by atoms with E-state index in [1.807, 2.05) is 24.3 Å². The number of methoxy groups -OCH3 is 2. The standard InChI is InChI=1S/C50H46F4N16O4/c1-71-37-6-4-33(51)45(43(37)53)65-49-47(56-11-13-58-49)35-24-41(63-29-61-35)69(39-8-3-32(26-60-39)28-68-17-21-74-22-18-68)70(40-23-31(9-10-55-40)27-67-15-19-73-20-16-67)42-25-36(62-30-64-42)48-50(59-14-12-57-48)66-46-34(52)5-7-38(72-2)44(46)54/h3-14,23-26,29-30H,15-22,27-28H2,1-2H3,(H,58,65)(H,59,66). The largest absolute Gasteiger partial charge is 0.494 e. The summed E-state index contributed by atoms with van der Waals surface area (Å²) in [6.45, 7) is 6.58. The lowest BCUT2D eigenvalue weighted by atomic mass is 10.2. The zero-order valence-corrected chi connectivity index (χ0v) is 39.9. The molecule has 378 valence electrons. The zero-order valence-electron chi connectivity index (χ0n) is 39.9. The molecule has 0 amide bonds. The summed E-state index contributed by atoms with van der Waals surface area (Å²) in [5, 5.41) is 8.85. The summed E-state index contributed by atoms with van der Waals surface area (Å²) in [4.78, 5) is 51.1. The third-order valence-electron chi connectivity index (χ3n) is 11.9. The van der Waals surface area contributed by atoms with E-state index in [9.17, 15) is 0 Å². The number of benzene rings is 2. The molecule has 2 aliphatic rings. The number of rotatable bonds is 17. The number of anilines is 8. The predicted molar refractivity (Wildman–Crippen MR) is 263 cm³/mol. The van der Waals surface area contributed by atoms with Crippen LogP contribution in [0.4, 0.5) is 63.8 Å². The lowest BCUT2D eigenvalue weighted by Crippen LogP contribution is -2.39. The fourth-order valence-corrected chi connectivity index (χ4v) is 8.26. The first-order valence-corrected chi connectivity index (χ1v) is 23.2. The Labute approximate surface area is 421 Å². The molecule has 2 aliphatic heterocycles. The van der Waals surface area contributed by atoms with Gasteiger partial charge >= 0.3 is 0 Å². The summed E-state index contributed by atoms with van der Waals surface area (Å²) < 4.78 is 83.1. The normalized spacial score (nSPS) is 14.1. The van der Waals surface area contributed by atoms with E-state index in [-0.39, 0.29) is 57.5 Å². The van der Waals surface area contributed by atoms with Gasteiger partial charge in [-0.25, -0.2) is 77.4 Å². The summed E-state index contributed by atoms with van der Waals surface area (Å²) in [5.74, 6) is -3.10. The molecule has 0 bridgehead atoms. The zero-order chi connectivity index (χ0) is 51.0. The van der Waals surface area contributed by atoms with Gasteiger partial charge in [0.2, 0.25) is 0 Å². The molecule has 8 aromatic rings. The van der Waals surface area contributed by atoms with E-state index in [2.05, 4.69) is 50.3 Å². The number of halogens is 4. The van der Waals surface area contributed by atoms with E-state index in [4.69, 9.17) is 38.9 Å². The first kappa shape index (κ1) is 49.0. The smallest absolute Gasteiger partial charge is 0.191 e. The fraction of sp³-hybridized carbons (Fsp3) is 0.240. The van der Waals surface area contributed by atoms with Gasteiger partial charge in [0, 0.05) is 88.6 Å². The van der Waals surface area contributed by atoms with Gasteiger partial charge in [0.05, 0.1) is 52.0 Å². The highest BCUT2D eigenvalue weighted by Gasteiger charge is 2.30. The first-order valence-electron chi connectivity index (χ1n) is 23.2. The molecule has 0 spiro atoms. The second kappa shape index (κ2) is 22.5. The van der Waals surface area contributed by atoms with E-state index < -0.39 is 34.6 Å². The van der Waals surface area contributed by atoms with Crippen molar-refractivity contribution in [3.63, 3.8) is 0 Å². The highest BCUT2D eigenvalue weighted by atomic mass is 19.1. The van der Waals surface area contributed by atoms with Gasteiger partial charge in [0.25, 0.3) is 0 Å². The highest BCUT2D eigenvalue weighted by Crippen LogP contribution is 2.39. The Morgan fingerprint density at radius 2 is 0.986 bits per heavy atom. The lowest BCUT2D eigenvalue weighted by Gasteiger charge is -2.35. The van der Waals surface area contributed by atoms with Gasteiger partial charge in [-0.15, -0.1) is 0 Å². The van der Waals surface area contributed by atoms with Crippen LogP contribution in [0.3, 0.4) is 0 Å². The first-order chi connectivity index (χ1) is 36.2. The third-order valence-corrected chi connectivity index (χ3v) is 11.9. The van der Waals surface area contributed by atoms with Crippen LogP contribution in [0.2, 0.25) is 0 Å². The molecule has 6 aromatic heterocycles. The number of nitrogens with zero attached hydrogens (tertiary/aromatic N) is 14. The van der Waals surface area contributed by atoms with E-state index in [0.717, 1.165) is 49.4 Å². The van der Waals surface area contributed by atoms with Crippen LogP contribution in [-0.4, -0.2) is 126 Å². The second-order valence-corrected chi connectivity index (χ2v) is 16.6. The minimum atomic E-state index is -0.978. The Morgan fingerprint density at radius 3 is 1.49 bits per heavy atom. The quantitative estimate of drug-likeness (QED) is 0.0666. The molecule has 24 heteroatoms. The molecule has 2 saturated heterocycles. The summed E-state index contributed by atoms with van der Waals surface area (Å²) >= 11 is 0. The monoisotopic (exact) mass is 1010 g/mol. The SMILES string of the molecule is COc1ccc(F)c(Nc2nccnc2-c2cc(N(c3ccc(CN4CCOCC4)cn3)N(c3cc(CN4CCOCC4)ccn3)c3cc(-c4nccnc4Nc4c(F)ccc(OC)c4F)ncn3)ncn2)c1F. The maximum atomic E-state index is 15.6. The number of hydrogen-bond acceptors (Lipinski definition) is 20. The molecular weight excluding hydrogens is 965 g/mol. The molecule has 2 N–H and O–H groups in total. The van der Waals surface area contributed by atoms with Crippen LogP contribution >= 0.6 is 0 Å². The molecule has 0 aliphatic carbocycles. The summed E-state index contributed by atoms with van der Waals surface area (Å²) in [7, 11) is 2.55. The third kappa shape index (κ3) is 10.8. The second-order valence-electron chi connectivity index (χ2n) is 16.6. The Kier molecular flexibility index (Phi) is 14.9. The Bertz CT molecular complexity index is 3250. The molecule has 74 heavy (non-hydrogen) atoms. The maximum absolute atomic E-state index is 15.6. The molecule has 2 fully saturated rings. The highest BCUT2D eigenvalue weighted by molar-refractivity contribution is 5.80. The summed E-state index contributed by atoms with van der Waals surface area (Å²) in [6.07, 6.45) is 11.6. The topological polar surface area (TPSA) is 203 Å². The van der Waals surface area contributed by atoms with Crippen molar-refractivity contribution < 1.29 is 36.5 Å². The van der Waals surface area contributed by atoms with Gasteiger partial charge in [-0.3, -0.25) is 9.80 Å². The van der Waals surface area contributed by atoms with E-state index in [1.54, 1.807) is 34.5 Å². The van der Waals surface area contributed by atoms with E-state index in [0.29, 0.717) is 51.2 Å². The minimum Gasteiger partial charge on any atom is -0.494 e. The number of ether oxygens (including phenoxy) is 4. The van der Waals surface area contributed by atoms with Crippen LogP contribution in [0.1, 0.15) is 11.1 Å². The van der Waals surface area contributed by atoms with Gasteiger partial charge in [-0.1, -0.05) is 6.07 Å². The molecule has 0 atom stereocenters. The van der Waals surface area contributed by atoms with E-state index >= 15 is 17.6 Å². The molecule has 0 saturated carbocycles. The molecule has 0 radical (unpaired) electrons. The maximum Gasteiger partial charge on any atom is 0.191 e. The van der Waals surface area contributed by atoms with Crippen molar-refractivity contribution in [1.82, 2.24) is 59.6 Å². The summed E-state index contributed by atoms with van der Waals surface area (Å²) in [5.41, 5.74) is 1.40. The van der Waals surface area contributed by atoms with Crippen LogP contribution in [0.5, 0.6) is 11.5 Å². The van der Waals surface area contributed by atoms with E-state index in [1.165, 1.54) is 63.8 Å². The van der Waals surface area contributed by atoms with Crippen molar-refractivity contribution in [3.05, 3.63) is 145 Å². The number of hydrogen-bond donors (Lipinski definition) is 2. The van der Waals surface area contributed by atoms with Crippen LogP contribution in [0.25, 0.3) is 22.8 Å². The lowest BCUT2D eigenvalue weighted by molar-refractivity contribution is 0.0341. The minimum absolute atomic E-state index is 0.0303. The average Bonchev–Trinajstić information content (AvgIpc) is 3.44. The van der Waals surface area contributed by atoms with Gasteiger partial charge < -0.3 is 29.6 Å². The van der Waals surface area contributed by atoms with Crippen molar-refractivity contribution in [3.8, 4) is 34.3 Å². The molecule has 10 rings (SSSR count). The van der Waals surface area contributed by atoms with Crippen LogP contribution in [0.15, 0.2) is 110 Å². The van der Waals surface area contributed by atoms with Gasteiger partial charge in [0.1, 0.15) is 47.1 Å². The number of morpholine rings is 2. The van der Waals surface area contributed by atoms with Crippen LogP contribution in [0, 0.1) is 23.3 Å². The summed E-state index contributed by atoms with van der Waals surface area (Å²) in [6, 6.07) is 15.3. The number of pyridine rings is 2. The van der Waals surface area contributed by atoms with Gasteiger partial charge in [-0.2, -0.15) is 0 Å². The molecule has 8 heterocycles. The fourth-order valence-electron chi connectivity index (χ4n) is 8.26. The number of aromatic nitrogens is 10. The van der Waals surface area contributed by atoms with Crippen molar-refractivity contribution in [1.29, 1.82) is 0 Å². The number of hydrazine groups is 1. The van der Waals surface area contributed by atoms with Crippen molar-refractivity contribution in [2.75, 3.05) is 87.5 Å². The predicted octanol–water partition coefficient (Wildman–Crippen LogP) is 7.59. The Hall–Kier alpha value is -8.58. The van der Waals surface area contributed by atoms with Crippen LogP contribution in [-0.2, 0) is 22.6 Å². The molecular formula is C50H46F4N16O4.